The summed E-state index contributed by atoms with van der Waals surface area (Å²) in [5.74, 6) is 1.51. The zero-order chi connectivity index (χ0) is 23.3. The second-order valence-electron chi connectivity index (χ2n) is 8.09. The Labute approximate surface area is 190 Å². The van der Waals surface area contributed by atoms with Gasteiger partial charge in [0.2, 0.25) is 5.95 Å². The van der Waals surface area contributed by atoms with E-state index in [1.165, 1.54) is 0 Å². The highest BCUT2D eigenvalue weighted by Gasteiger charge is 2.24. The van der Waals surface area contributed by atoms with Gasteiger partial charge >= 0.3 is 0 Å². The van der Waals surface area contributed by atoms with E-state index in [0.29, 0.717) is 5.95 Å². The minimum absolute atomic E-state index is 0.153. The van der Waals surface area contributed by atoms with Crippen molar-refractivity contribution < 1.29 is 4.74 Å². The summed E-state index contributed by atoms with van der Waals surface area (Å²) in [4.78, 5) is 16.4. The van der Waals surface area contributed by atoms with Crippen LogP contribution in [0.25, 0.3) is 29.2 Å². The molecule has 3 rings (SSSR count). The summed E-state index contributed by atoms with van der Waals surface area (Å²) in [7, 11) is 0. The van der Waals surface area contributed by atoms with Gasteiger partial charge in [-0.3, -0.25) is 4.57 Å². The first-order chi connectivity index (χ1) is 15.4. The lowest BCUT2D eigenvalue weighted by Crippen LogP contribution is -2.46. The van der Waals surface area contributed by atoms with Crippen molar-refractivity contribution in [1.82, 2.24) is 19.5 Å². The summed E-state index contributed by atoms with van der Waals surface area (Å²) in [6, 6.07) is 0. The molecule has 0 aliphatic carbocycles. The fourth-order valence-electron chi connectivity index (χ4n) is 3.85. The number of nitrogens with zero attached hydrogens (tertiary/aromatic N) is 5. The molecule has 2 aromatic rings. The van der Waals surface area contributed by atoms with Crippen LogP contribution in [0.3, 0.4) is 0 Å². The Balaban J connectivity index is 2.08. The van der Waals surface area contributed by atoms with Gasteiger partial charge in [-0.25, -0.2) is 15.0 Å². The van der Waals surface area contributed by atoms with Gasteiger partial charge in [0, 0.05) is 31.2 Å². The van der Waals surface area contributed by atoms with Gasteiger partial charge in [0.05, 0.1) is 28.5 Å². The van der Waals surface area contributed by atoms with Crippen molar-refractivity contribution in [2.45, 2.75) is 46.8 Å². The number of allylic oxidation sites excluding steroid dienone is 6. The van der Waals surface area contributed by atoms with E-state index >= 15 is 0 Å². The Morgan fingerprint density at radius 1 is 1.09 bits per heavy atom. The minimum atomic E-state index is 0.153. The molecular weight excluding hydrogens is 398 g/mol. The van der Waals surface area contributed by atoms with Gasteiger partial charge in [-0.2, -0.15) is 0 Å². The van der Waals surface area contributed by atoms with Crippen LogP contribution in [-0.4, -0.2) is 44.8 Å². The fourth-order valence-corrected chi connectivity index (χ4v) is 3.85. The van der Waals surface area contributed by atoms with E-state index in [2.05, 4.69) is 65.5 Å². The average molecular weight is 432 g/mol. The van der Waals surface area contributed by atoms with E-state index in [-0.39, 0.29) is 12.2 Å². The summed E-state index contributed by atoms with van der Waals surface area (Å²) in [5.41, 5.74) is 2.98. The van der Waals surface area contributed by atoms with Gasteiger partial charge in [0.15, 0.2) is 0 Å². The zero-order valence-electron chi connectivity index (χ0n) is 19.7. The van der Waals surface area contributed by atoms with Crippen molar-refractivity contribution >= 4 is 23.8 Å². The van der Waals surface area contributed by atoms with Crippen molar-refractivity contribution in [3.8, 4) is 11.4 Å². The SMILES string of the molecule is C=C/C=c1/nc(-c2cnc(N3CC(C)OC(C)C3)nc2)n(/C(C)=C/C=C(/C)C=C)/c1=C/C. The molecule has 0 aromatic carbocycles. The Hall–Kier alpha value is -3.25. The lowest BCUT2D eigenvalue weighted by molar-refractivity contribution is -0.00571. The number of rotatable bonds is 6. The van der Waals surface area contributed by atoms with Crippen LogP contribution in [0.15, 0.2) is 55.4 Å². The molecule has 1 aliphatic rings. The molecule has 0 amide bonds. The van der Waals surface area contributed by atoms with E-state index in [1.54, 1.807) is 6.08 Å². The van der Waals surface area contributed by atoms with Crippen LogP contribution in [-0.2, 0) is 4.74 Å². The Morgan fingerprint density at radius 3 is 2.31 bits per heavy atom. The molecule has 2 atom stereocenters. The number of hydrogen-bond donors (Lipinski definition) is 0. The maximum atomic E-state index is 5.83. The summed E-state index contributed by atoms with van der Waals surface area (Å²) >= 11 is 0. The minimum Gasteiger partial charge on any atom is -0.372 e. The molecule has 0 N–H and O–H groups in total. The highest BCUT2D eigenvalue weighted by atomic mass is 16.5. The molecular formula is C26H33N5O. The van der Waals surface area contributed by atoms with E-state index in [4.69, 9.17) is 9.72 Å². The van der Waals surface area contributed by atoms with Crippen LogP contribution in [0.2, 0.25) is 0 Å². The van der Waals surface area contributed by atoms with Gasteiger partial charge in [-0.05, 0) is 46.8 Å². The van der Waals surface area contributed by atoms with E-state index in [9.17, 15) is 0 Å². The number of ether oxygens (including phenoxy) is 1. The molecule has 3 heterocycles. The molecule has 0 spiro atoms. The van der Waals surface area contributed by atoms with Crippen LogP contribution in [0.4, 0.5) is 5.95 Å². The summed E-state index contributed by atoms with van der Waals surface area (Å²) in [6.45, 7) is 19.5. The van der Waals surface area contributed by atoms with Crippen molar-refractivity contribution in [3.63, 3.8) is 0 Å². The standard InChI is InChI=1S/C26H33N5O/c1-8-11-23-24(10-3)31(19(5)13-12-18(4)9-2)25(29-23)22-14-27-26(28-15-22)30-16-20(6)32-21(7)17-30/h8-15,20-21H,1-2,16-17H2,3-7H3/b18-12-,19-13+,23-11+,24-10+. The highest BCUT2D eigenvalue weighted by Crippen LogP contribution is 2.20. The first-order valence-corrected chi connectivity index (χ1v) is 11.0. The molecule has 1 saturated heterocycles. The Morgan fingerprint density at radius 2 is 1.75 bits per heavy atom. The fraction of sp³-hybridized carbons (Fsp3) is 0.346. The van der Waals surface area contributed by atoms with Gasteiger partial charge in [0.1, 0.15) is 5.82 Å². The Bertz CT molecular complexity index is 1140. The average Bonchev–Trinajstić information content (AvgIpc) is 3.15. The third kappa shape index (κ3) is 5.14. The van der Waals surface area contributed by atoms with Gasteiger partial charge in [0.25, 0.3) is 0 Å². The number of aromatic nitrogens is 4. The monoisotopic (exact) mass is 431 g/mol. The smallest absolute Gasteiger partial charge is 0.225 e. The van der Waals surface area contributed by atoms with Crippen molar-refractivity contribution in [2.24, 2.45) is 0 Å². The van der Waals surface area contributed by atoms with Crippen LogP contribution in [0, 0.1) is 0 Å². The predicted octanol–water partition coefficient (Wildman–Crippen LogP) is 3.71. The van der Waals surface area contributed by atoms with Gasteiger partial charge in [-0.15, -0.1) is 0 Å². The van der Waals surface area contributed by atoms with Crippen molar-refractivity contribution in [3.05, 3.63) is 66.1 Å². The molecule has 0 radical (unpaired) electrons. The second-order valence-corrected chi connectivity index (χ2v) is 8.09. The van der Waals surface area contributed by atoms with E-state index < -0.39 is 0 Å². The molecule has 6 nitrogen and oxygen atoms in total. The molecule has 0 saturated carbocycles. The van der Waals surface area contributed by atoms with Gasteiger partial charge < -0.3 is 9.64 Å². The summed E-state index contributed by atoms with van der Waals surface area (Å²) in [5, 5.41) is 1.85. The molecule has 0 bridgehead atoms. The molecule has 32 heavy (non-hydrogen) atoms. The third-order valence-corrected chi connectivity index (χ3v) is 5.35. The number of imidazole rings is 1. The maximum Gasteiger partial charge on any atom is 0.225 e. The van der Waals surface area contributed by atoms with Crippen molar-refractivity contribution in [2.75, 3.05) is 18.0 Å². The first-order valence-electron chi connectivity index (χ1n) is 11.0. The molecule has 168 valence electrons. The molecule has 1 fully saturated rings. The largest absolute Gasteiger partial charge is 0.372 e. The summed E-state index contributed by atoms with van der Waals surface area (Å²) in [6.07, 6.45) is 15.7. The lowest BCUT2D eigenvalue weighted by Gasteiger charge is -2.35. The zero-order valence-corrected chi connectivity index (χ0v) is 19.7. The third-order valence-electron chi connectivity index (χ3n) is 5.35. The van der Waals surface area contributed by atoms with Crippen LogP contribution in [0.5, 0.6) is 0 Å². The van der Waals surface area contributed by atoms with Gasteiger partial charge in [-0.1, -0.05) is 43.0 Å². The topological polar surface area (TPSA) is 56.1 Å². The normalized spacial score (nSPS) is 21.2. The first kappa shape index (κ1) is 23.4. The molecule has 1 aliphatic heterocycles. The number of morpholine rings is 1. The van der Waals surface area contributed by atoms with E-state index in [1.807, 2.05) is 44.5 Å². The van der Waals surface area contributed by atoms with Crippen molar-refractivity contribution in [1.29, 1.82) is 0 Å². The number of hydrogen-bond acceptors (Lipinski definition) is 5. The van der Waals surface area contributed by atoms with Crippen LogP contribution in [0.1, 0.15) is 34.6 Å². The second kappa shape index (κ2) is 10.4. The molecule has 2 unspecified atom stereocenters. The quantitative estimate of drug-likeness (QED) is 0.653. The molecule has 6 heteroatoms. The Kier molecular flexibility index (Phi) is 7.59. The lowest BCUT2D eigenvalue weighted by atomic mass is 10.2. The van der Waals surface area contributed by atoms with Crippen LogP contribution >= 0.6 is 0 Å². The predicted molar refractivity (Wildman–Crippen MR) is 133 cm³/mol. The number of anilines is 1. The maximum absolute atomic E-state index is 5.83. The molecule has 2 aromatic heterocycles. The van der Waals surface area contributed by atoms with E-state index in [0.717, 1.165) is 46.4 Å². The highest BCUT2D eigenvalue weighted by molar-refractivity contribution is 5.63. The van der Waals surface area contributed by atoms with Crippen LogP contribution < -0.4 is 15.6 Å². The summed E-state index contributed by atoms with van der Waals surface area (Å²) < 4.78 is 7.95.